The Hall–Kier alpha value is -0.0400. The van der Waals surface area contributed by atoms with Gasteiger partial charge in [0.25, 0.3) is 0 Å². The zero-order valence-corrected chi connectivity index (χ0v) is 11.4. The Labute approximate surface area is 97.0 Å². The van der Waals surface area contributed by atoms with Crippen LogP contribution < -0.4 is 5.32 Å². The van der Waals surface area contributed by atoms with E-state index in [-0.39, 0.29) is 0 Å². The minimum Gasteiger partial charge on any atom is -0.312 e. The molecule has 0 aliphatic heterocycles. The minimum absolute atomic E-state index is 0.432. The van der Waals surface area contributed by atoms with E-state index in [1.165, 1.54) is 51.4 Å². The topological polar surface area (TPSA) is 12.0 Å². The van der Waals surface area contributed by atoms with Gasteiger partial charge in [-0.2, -0.15) is 0 Å². The summed E-state index contributed by atoms with van der Waals surface area (Å²) in [4.78, 5) is 0. The summed E-state index contributed by atoms with van der Waals surface area (Å²) in [5, 5.41) is 3.69. The molecule has 1 heteroatoms. The molecule has 0 aliphatic rings. The molecule has 0 aromatic carbocycles. The Balaban J connectivity index is 3.74. The van der Waals surface area contributed by atoms with Gasteiger partial charge in [-0.3, -0.25) is 0 Å². The molecule has 0 heterocycles. The van der Waals surface area contributed by atoms with Gasteiger partial charge in [-0.25, -0.2) is 0 Å². The van der Waals surface area contributed by atoms with Gasteiger partial charge in [0, 0.05) is 5.54 Å². The van der Waals surface area contributed by atoms with Crippen molar-refractivity contribution in [1.82, 2.24) is 5.32 Å². The third-order valence-electron chi connectivity index (χ3n) is 3.66. The maximum Gasteiger partial charge on any atom is 0.0176 e. The lowest BCUT2D eigenvalue weighted by molar-refractivity contribution is 0.276. The molecule has 0 amide bonds. The van der Waals surface area contributed by atoms with Crippen LogP contribution in [-0.2, 0) is 0 Å². The molecule has 0 bridgehead atoms. The van der Waals surface area contributed by atoms with E-state index in [0.717, 1.165) is 6.54 Å². The highest BCUT2D eigenvalue weighted by molar-refractivity contribution is 4.84. The van der Waals surface area contributed by atoms with Gasteiger partial charge in [-0.15, -0.1) is 0 Å². The van der Waals surface area contributed by atoms with Crippen molar-refractivity contribution in [3.8, 4) is 0 Å². The lowest BCUT2D eigenvalue weighted by Gasteiger charge is -2.33. The van der Waals surface area contributed by atoms with Gasteiger partial charge < -0.3 is 5.32 Å². The number of unbranched alkanes of at least 4 members (excludes halogenated alkanes) is 4. The summed E-state index contributed by atoms with van der Waals surface area (Å²) in [5.41, 5.74) is 0.432. The fourth-order valence-electron chi connectivity index (χ4n) is 2.38. The largest absolute Gasteiger partial charge is 0.312 e. The van der Waals surface area contributed by atoms with Crippen LogP contribution in [0, 0.1) is 0 Å². The lowest BCUT2D eigenvalue weighted by atomic mass is 9.86. The summed E-state index contributed by atoms with van der Waals surface area (Å²) in [6.07, 6.45) is 10.9. The van der Waals surface area contributed by atoms with Crippen molar-refractivity contribution in [3.63, 3.8) is 0 Å². The van der Waals surface area contributed by atoms with E-state index in [1.54, 1.807) is 0 Å². The number of hydrogen-bond donors (Lipinski definition) is 1. The predicted molar refractivity (Wildman–Crippen MR) is 70.4 cm³/mol. The van der Waals surface area contributed by atoms with Crippen LogP contribution in [0.5, 0.6) is 0 Å². The average Bonchev–Trinajstić information content (AvgIpc) is 2.27. The first-order valence-corrected chi connectivity index (χ1v) is 6.99. The minimum atomic E-state index is 0.432. The molecule has 1 N–H and O–H groups in total. The van der Waals surface area contributed by atoms with Crippen LogP contribution in [0.1, 0.15) is 79.1 Å². The molecule has 0 rings (SSSR count). The van der Waals surface area contributed by atoms with Gasteiger partial charge in [-0.1, -0.05) is 59.8 Å². The number of hydrogen-bond acceptors (Lipinski definition) is 1. The Bertz CT molecular complexity index is 127. The van der Waals surface area contributed by atoms with Crippen LogP contribution >= 0.6 is 0 Å². The van der Waals surface area contributed by atoms with Gasteiger partial charge in [0.2, 0.25) is 0 Å². The van der Waals surface area contributed by atoms with Crippen molar-refractivity contribution in [2.75, 3.05) is 6.54 Å². The van der Waals surface area contributed by atoms with E-state index in [2.05, 4.69) is 33.0 Å². The monoisotopic (exact) mass is 213 g/mol. The van der Waals surface area contributed by atoms with Crippen LogP contribution in [0.2, 0.25) is 0 Å². The molecule has 0 fully saturated rings. The summed E-state index contributed by atoms with van der Waals surface area (Å²) in [5.74, 6) is 0. The molecule has 0 saturated carbocycles. The SMILES string of the molecule is CCCCCCCC(CC)(CC)NCC. The second kappa shape index (κ2) is 9.21. The maximum absolute atomic E-state index is 3.69. The Morgan fingerprint density at radius 3 is 1.87 bits per heavy atom. The summed E-state index contributed by atoms with van der Waals surface area (Å²) < 4.78 is 0. The standard InChI is InChI=1S/C14H31N/c1-5-9-10-11-12-13-14(6-2,7-3)15-8-4/h15H,5-13H2,1-4H3. The Morgan fingerprint density at radius 2 is 1.40 bits per heavy atom. The van der Waals surface area contributed by atoms with E-state index >= 15 is 0 Å². The third-order valence-corrected chi connectivity index (χ3v) is 3.66. The second-order valence-corrected chi connectivity index (χ2v) is 4.68. The molecule has 0 aliphatic carbocycles. The van der Waals surface area contributed by atoms with E-state index in [9.17, 15) is 0 Å². The first kappa shape index (κ1) is 15.0. The molecular formula is C14H31N. The highest BCUT2D eigenvalue weighted by Crippen LogP contribution is 2.23. The lowest BCUT2D eigenvalue weighted by Crippen LogP contribution is -2.43. The van der Waals surface area contributed by atoms with E-state index < -0.39 is 0 Å². The Morgan fingerprint density at radius 1 is 0.800 bits per heavy atom. The normalized spacial score (nSPS) is 12.0. The maximum atomic E-state index is 3.69. The molecule has 92 valence electrons. The second-order valence-electron chi connectivity index (χ2n) is 4.68. The first-order valence-electron chi connectivity index (χ1n) is 6.99. The highest BCUT2D eigenvalue weighted by Gasteiger charge is 2.23. The zero-order chi connectivity index (χ0) is 11.6. The molecule has 0 unspecified atom stereocenters. The molecule has 0 radical (unpaired) electrons. The average molecular weight is 213 g/mol. The van der Waals surface area contributed by atoms with Crippen LogP contribution in [0.25, 0.3) is 0 Å². The van der Waals surface area contributed by atoms with Crippen LogP contribution in [0.15, 0.2) is 0 Å². The summed E-state index contributed by atoms with van der Waals surface area (Å²) >= 11 is 0. The molecule has 15 heavy (non-hydrogen) atoms. The quantitative estimate of drug-likeness (QED) is 0.526. The summed E-state index contributed by atoms with van der Waals surface area (Å²) in [6, 6.07) is 0. The van der Waals surface area contributed by atoms with Gasteiger partial charge in [-0.05, 0) is 25.8 Å². The van der Waals surface area contributed by atoms with Crippen LogP contribution in [-0.4, -0.2) is 12.1 Å². The smallest absolute Gasteiger partial charge is 0.0176 e. The molecule has 1 nitrogen and oxygen atoms in total. The molecule has 0 saturated heterocycles. The van der Waals surface area contributed by atoms with Crippen molar-refractivity contribution in [3.05, 3.63) is 0 Å². The van der Waals surface area contributed by atoms with Crippen LogP contribution in [0.4, 0.5) is 0 Å². The summed E-state index contributed by atoms with van der Waals surface area (Å²) in [7, 11) is 0. The van der Waals surface area contributed by atoms with Gasteiger partial charge in [0.15, 0.2) is 0 Å². The molecule has 0 atom stereocenters. The van der Waals surface area contributed by atoms with Crippen LogP contribution in [0.3, 0.4) is 0 Å². The third kappa shape index (κ3) is 6.19. The van der Waals surface area contributed by atoms with Crippen molar-refractivity contribution < 1.29 is 0 Å². The van der Waals surface area contributed by atoms with E-state index in [4.69, 9.17) is 0 Å². The highest BCUT2D eigenvalue weighted by atomic mass is 15.0. The van der Waals surface area contributed by atoms with Crippen molar-refractivity contribution >= 4 is 0 Å². The zero-order valence-electron chi connectivity index (χ0n) is 11.4. The molecule has 0 aromatic rings. The molecule has 0 spiro atoms. The van der Waals surface area contributed by atoms with Gasteiger partial charge in [0.1, 0.15) is 0 Å². The molecular weight excluding hydrogens is 182 g/mol. The van der Waals surface area contributed by atoms with E-state index in [0.29, 0.717) is 5.54 Å². The summed E-state index contributed by atoms with van der Waals surface area (Å²) in [6.45, 7) is 10.2. The van der Waals surface area contributed by atoms with Crippen molar-refractivity contribution in [2.45, 2.75) is 84.6 Å². The predicted octanol–water partition coefficient (Wildman–Crippen LogP) is 4.52. The van der Waals surface area contributed by atoms with Crippen molar-refractivity contribution in [2.24, 2.45) is 0 Å². The number of nitrogens with one attached hydrogen (secondary N) is 1. The first-order chi connectivity index (χ1) is 7.24. The number of rotatable bonds is 10. The molecule has 0 aromatic heterocycles. The fraction of sp³-hybridized carbons (Fsp3) is 1.00. The van der Waals surface area contributed by atoms with Gasteiger partial charge in [0.05, 0.1) is 0 Å². The fourth-order valence-corrected chi connectivity index (χ4v) is 2.38. The van der Waals surface area contributed by atoms with Crippen molar-refractivity contribution in [1.29, 1.82) is 0 Å². The Kier molecular flexibility index (Phi) is 9.18. The van der Waals surface area contributed by atoms with Gasteiger partial charge >= 0.3 is 0 Å². The van der Waals surface area contributed by atoms with E-state index in [1.807, 2.05) is 0 Å².